The van der Waals surface area contributed by atoms with Crippen molar-refractivity contribution in [1.29, 1.82) is 0 Å². The van der Waals surface area contributed by atoms with Crippen LogP contribution in [-0.2, 0) is 11.2 Å². The highest BCUT2D eigenvalue weighted by Crippen LogP contribution is 2.25. The highest BCUT2D eigenvalue weighted by Gasteiger charge is 2.29. The molecule has 1 rings (SSSR count). The van der Waals surface area contributed by atoms with Crippen molar-refractivity contribution in [2.24, 2.45) is 16.8 Å². The first-order valence-electron chi connectivity index (χ1n) is 7.46. The molecule has 0 saturated heterocycles. The Morgan fingerprint density at radius 2 is 1.90 bits per heavy atom. The van der Waals surface area contributed by atoms with Crippen LogP contribution in [0.4, 0.5) is 5.69 Å². The zero-order chi connectivity index (χ0) is 15.8. The number of rotatable bonds is 8. The number of aliphatic imine (C=N–C) groups is 1. The molecule has 21 heavy (non-hydrogen) atoms. The van der Waals surface area contributed by atoms with Gasteiger partial charge in [-0.3, -0.25) is 9.79 Å². The van der Waals surface area contributed by atoms with E-state index < -0.39 is 5.97 Å². The lowest BCUT2D eigenvalue weighted by Gasteiger charge is -2.24. The van der Waals surface area contributed by atoms with Gasteiger partial charge in [0.05, 0.1) is 5.92 Å². The molecule has 0 fully saturated rings. The Kier molecular flexibility index (Phi) is 6.92. The first-order chi connectivity index (χ1) is 10.0. The molecule has 0 spiro atoms. The van der Waals surface area contributed by atoms with Crippen LogP contribution in [0.5, 0.6) is 0 Å². The van der Waals surface area contributed by atoms with Gasteiger partial charge in [0.15, 0.2) is 0 Å². The van der Waals surface area contributed by atoms with E-state index in [9.17, 15) is 9.90 Å². The highest BCUT2D eigenvalue weighted by atomic mass is 16.4. The van der Waals surface area contributed by atoms with E-state index in [2.05, 4.69) is 10.3 Å². The summed E-state index contributed by atoms with van der Waals surface area (Å²) in [4.78, 5) is 15.8. The van der Waals surface area contributed by atoms with E-state index in [4.69, 9.17) is 0 Å². The number of nitrogens with zero attached hydrogens (tertiary/aromatic N) is 1. The normalized spacial score (nSPS) is 14.6. The number of hydrogen-bond acceptors (Lipinski definition) is 3. The van der Waals surface area contributed by atoms with Crippen LogP contribution in [0.25, 0.3) is 0 Å². The monoisotopic (exact) mass is 290 g/mol. The summed E-state index contributed by atoms with van der Waals surface area (Å²) >= 11 is 0. The van der Waals surface area contributed by atoms with E-state index >= 15 is 0 Å². The number of anilines is 1. The molecular formula is C17H26N2O2. The molecule has 0 bridgehead atoms. The molecule has 0 aliphatic carbocycles. The number of carboxylic acid groups (broad SMARTS) is 1. The summed E-state index contributed by atoms with van der Waals surface area (Å²) in [5, 5.41) is 12.6. The van der Waals surface area contributed by atoms with E-state index in [1.807, 2.05) is 45.2 Å². The van der Waals surface area contributed by atoms with Crippen molar-refractivity contribution < 1.29 is 9.90 Å². The predicted octanol–water partition coefficient (Wildman–Crippen LogP) is 3.48. The Balaban J connectivity index is 2.98. The average molecular weight is 290 g/mol. The van der Waals surface area contributed by atoms with Crippen molar-refractivity contribution >= 4 is 17.4 Å². The lowest BCUT2D eigenvalue weighted by Crippen LogP contribution is -2.30. The summed E-state index contributed by atoms with van der Waals surface area (Å²) < 4.78 is 0. The molecule has 0 aromatic heterocycles. The van der Waals surface area contributed by atoms with Crippen molar-refractivity contribution in [3.63, 3.8) is 0 Å². The lowest BCUT2D eigenvalue weighted by molar-refractivity contribution is -0.143. The summed E-state index contributed by atoms with van der Waals surface area (Å²) in [7, 11) is 3.62. The number of carboxylic acids is 1. The molecule has 0 radical (unpaired) electrons. The molecule has 4 nitrogen and oxygen atoms in total. The van der Waals surface area contributed by atoms with E-state index in [1.165, 1.54) is 0 Å². The number of carbonyl (C=O) groups is 1. The summed E-state index contributed by atoms with van der Waals surface area (Å²) in [5.74, 6) is -1.15. The van der Waals surface area contributed by atoms with Gasteiger partial charge < -0.3 is 10.4 Å². The summed E-state index contributed by atoms with van der Waals surface area (Å²) in [6.07, 6.45) is 2.26. The van der Waals surface area contributed by atoms with Gasteiger partial charge in [0.25, 0.3) is 0 Å². The second kappa shape index (κ2) is 8.45. The maximum absolute atomic E-state index is 11.6. The van der Waals surface area contributed by atoms with Crippen LogP contribution in [0.2, 0.25) is 0 Å². The van der Waals surface area contributed by atoms with Gasteiger partial charge in [-0.2, -0.15) is 0 Å². The lowest BCUT2D eigenvalue weighted by atomic mass is 9.81. The second-order valence-electron chi connectivity index (χ2n) is 5.36. The van der Waals surface area contributed by atoms with Gasteiger partial charge in [-0.25, -0.2) is 0 Å². The van der Waals surface area contributed by atoms with Gasteiger partial charge in [0, 0.05) is 31.4 Å². The van der Waals surface area contributed by atoms with Gasteiger partial charge >= 0.3 is 5.97 Å². The van der Waals surface area contributed by atoms with Crippen molar-refractivity contribution in [1.82, 2.24) is 0 Å². The molecule has 1 aromatic carbocycles. The van der Waals surface area contributed by atoms with E-state index in [0.29, 0.717) is 12.8 Å². The van der Waals surface area contributed by atoms with E-state index in [0.717, 1.165) is 23.4 Å². The number of benzene rings is 1. The molecule has 2 atom stereocenters. The third-order valence-electron chi connectivity index (χ3n) is 3.99. The van der Waals surface area contributed by atoms with Crippen LogP contribution in [0.1, 0.15) is 32.3 Å². The molecule has 0 heterocycles. The van der Waals surface area contributed by atoms with Crippen LogP contribution >= 0.6 is 0 Å². The van der Waals surface area contributed by atoms with Crippen LogP contribution in [0, 0.1) is 11.8 Å². The fraction of sp³-hybridized carbons (Fsp3) is 0.529. The van der Waals surface area contributed by atoms with Gasteiger partial charge in [0.1, 0.15) is 0 Å². The minimum atomic E-state index is -0.725. The third-order valence-corrected chi connectivity index (χ3v) is 3.99. The van der Waals surface area contributed by atoms with Crippen LogP contribution in [0.15, 0.2) is 29.3 Å². The molecule has 0 unspecified atom stereocenters. The average Bonchev–Trinajstić information content (AvgIpc) is 2.50. The maximum Gasteiger partial charge on any atom is 0.307 e. The Labute approximate surface area is 127 Å². The zero-order valence-electron chi connectivity index (χ0n) is 13.4. The van der Waals surface area contributed by atoms with Crippen LogP contribution in [-0.4, -0.2) is 30.9 Å². The fourth-order valence-electron chi connectivity index (χ4n) is 2.62. The van der Waals surface area contributed by atoms with Crippen molar-refractivity contribution in [3.05, 3.63) is 29.8 Å². The van der Waals surface area contributed by atoms with Gasteiger partial charge in [-0.15, -0.1) is 0 Å². The molecule has 0 amide bonds. The van der Waals surface area contributed by atoms with Gasteiger partial charge in [-0.05, 0) is 37.5 Å². The zero-order valence-corrected chi connectivity index (χ0v) is 13.4. The quantitative estimate of drug-likeness (QED) is 0.721. The summed E-state index contributed by atoms with van der Waals surface area (Å²) in [5.41, 5.74) is 3.11. The first kappa shape index (κ1) is 17.2. The Hall–Kier alpha value is -1.84. The predicted molar refractivity (Wildman–Crippen MR) is 88.2 cm³/mol. The van der Waals surface area contributed by atoms with Crippen molar-refractivity contribution in [3.8, 4) is 0 Å². The number of hydrogen-bond donors (Lipinski definition) is 2. The maximum atomic E-state index is 11.6. The SMILES string of the molecule is CCC[C@H](C(=O)O)[C@H](Cc1ccc(NC)cc1)C(C)=NC. The smallest absolute Gasteiger partial charge is 0.307 e. The molecular weight excluding hydrogens is 264 g/mol. The Morgan fingerprint density at radius 1 is 1.29 bits per heavy atom. The molecule has 0 aliphatic rings. The standard InChI is InChI=1S/C17H26N2O2/c1-5-6-15(17(20)21)16(12(2)18-3)11-13-7-9-14(19-4)10-8-13/h7-10,15-16,19H,5-6,11H2,1-4H3,(H,20,21)/t15-,16+/m0/s1. The Bertz CT molecular complexity index is 480. The summed E-state index contributed by atoms with van der Waals surface area (Å²) in [6, 6.07) is 8.13. The van der Waals surface area contributed by atoms with Crippen LogP contribution in [0.3, 0.4) is 0 Å². The molecule has 4 heteroatoms. The van der Waals surface area contributed by atoms with E-state index in [1.54, 1.807) is 7.05 Å². The number of aliphatic carboxylic acids is 1. The minimum absolute atomic E-state index is 0.0483. The van der Waals surface area contributed by atoms with Crippen LogP contribution < -0.4 is 5.32 Å². The number of nitrogens with one attached hydrogen (secondary N) is 1. The molecule has 2 N–H and O–H groups in total. The minimum Gasteiger partial charge on any atom is -0.481 e. The highest BCUT2D eigenvalue weighted by molar-refractivity contribution is 5.89. The Morgan fingerprint density at radius 3 is 2.33 bits per heavy atom. The summed E-state index contributed by atoms with van der Waals surface area (Å²) in [6.45, 7) is 3.95. The third kappa shape index (κ3) is 4.88. The van der Waals surface area contributed by atoms with Crippen molar-refractivity contribution in [2.75, 3.05) is 19.4 Å². The first-order valence-corrected chi connectivity index (χ1v) is 7.46. The van der Waals surface area contributed by atoms with Crippen molar-refractivity contribution in [2.45, 2.75) is 33.1 Å². The largest absolute Gasteiger partial charge is 0.481 e. The topological polar surface area (TPSA) is 61.7 Å². The fourth-order valence-corrected chi connectivity index (χ4v) is 2.62. The van der Waals surface area contributed by atoms with E-state index in [-0.39, 0.29) is 11.8 Å². The second-order valence-corrected chi connectivity index (χ2v) is 5.36. The van der Waals surface area contributed by atoms with Gasteiger partial charge in [-0.1, -0.05) is 25.5 Å². The molecule has 1 aromatic rings. The molecule has 0 aliphatic heterocycles. The van der Waals surface area contributed by atoms with Gasteiger partial charge in [0.2, 0.25) is 0 Å². The molecule has 116 valence electrons. The molecule has 0 saturated carbocycles.